The van der Waals surface area contributed by atoms with Crippen molar-refractivity contribution in [1.29, 1.82) is 0 Å². The van der Waals surface area contributed by atoms with Crippen molar-refractivity contribution in [1.82, 2.24) is 14.7 Å². The van der Waals surface area contributed by atoms with E-state index in [1.54, 1.807) is 12.0 Å². The molecule has 3 heterocycles. The Hall–Kier alpha value is -2.16. The largest absolute Gasteiger partial charge is 0.465 e. The summed E-state index contributed by atoms with van der Waals surface area (Å²) in [4.78, 5) is 29.4. The molecule has 1 unspecified atom stereocenters. The van der Waals surface area contributed by atoms with Gasteiger partial charge in [-0.15, -0.1) is 0 Å². The first-order valence-electron chi connectivity index (χ1n) is 9.69. The fraction of sp³-hybridized carbons (Fsp3) is 0.600. The highest BCUT2D eigenvalue weighted by molar-refractivity contribution is 5.84. The maximum absolute atomic E-state index is 12.7. The molecular weight excluding hydrogens is 362 g/mol. The van der Waals surface area contributed by atoms with Gasteiger partial charge in [0.2, 0.25) is 5.91 Å². The minimum absolute atomic E-state index is 0.122. The lowest BCUT2D eigenvalue weighted by Crippen LogP contribution is -2.65. The molecule has 1 spiro atoms. The molecule has 152 valence electrons. The molecule has 0 radical (unpaired) electrons. The van der Waals surface area contributed by atoms with Crippen molar-refractivity contribution in [2.45, 2.75) is 30.7 Å². The Labute approximate surface area is 164 Å². The molecule has 0 aromatic heterocycles. The molecule has 3 aliphatic heterocycles. The number of piperidine rings is 1. The third-order valence-electron chi connectivity index (χ3n) is 6.07. The van der Waals surface area contributed by atoms with E-state index in [0.29, 0.717) is 6.54 Å². The van der Waals surface area contributed by atoms with Crippen LogP contribution in [0.25, 0.3) is 0 Å². The number of carbonyl (C=O) groups excluding carboxylic acids is 1. The topological polar surface area (TPSA) is 82.5 Å². The highest BCUT2D eigenvalue weighted by Gasteiger charge is 2.60. The third kappa shape index (κ3) is 3.47. The van der Waals surface area contributed by atoms with Gasteiger partial charge in [0, 0.05) is 26.7 Å². The summed E-state index contributed by atoms with van der Waals surface area (Å²) in [6.45, 7) is 3.32. The van der Waals surface area contributed by atoms with E-state index in [0.717, 1.165) is 37.4 Å². The molecule has 3 fully saturated rings. The highest BCUT2D eigenvalue weighted by atomic mass is 16.6. The average Bonchev–Trinajstić information content (AvgIpc) is 2.99. The van der Waals surface area contributed by atoms with E-state index in [2.05, 4.69) is 17.0 Å². The van der Waals surface area contributed by atoms with Crippen LogP contribution in [0, 0.1) is 0 Å². The van der Waals surface area contributed by atoms with Crippen molar-refractivity contribution < 1.29 is 24.2 Å². The van der Waals surface area contributed by atoms with Gasteiger partial charge >= 0.3 is 6.09 Å². The number of ether oxygens (including phenoxy) is 2. The van der Waals surface area contributed by atoms with E-state index in [1.165, 1.54) is 5.56 Å². The quantitative estimate of drug-likeness (QED) is 0.834. The van der Waals surface area contributed by atoms with Crippen LogP contribution in [0.5, 0.6) is 0 Å². The average molecular weight is 389 g/mol. The third-order valence-corrected chi connectivity index (χ3v) is 6.07. The SMILES string of the molecule is COCC12CN(C(=O)O)CC(=O)N1CC1(CCN(Cc3ccccc3)CC1)O2. The molecule has 28 heavy (non-hydrogen) atoms. The van der Waals surface area contributed by atoms with E-state index >= 15 is 0 Å². The first-order chi connectivity index (χ1) is 13.5. The maximum atomic E-state index is 12.7. The molecule has 0 saturated carbocycles. The van der Waals surface area contributed by atoms with Gasteiger partial charge in [-0.2, -0.15) is 0 Å². The fourth-order valence-corrected chi connectivity index (χ4v) is 4.69. The lowest BCUT2D eigenvalue weighted by atomic mass is 9.91. The molecule has 0 aliphatic carbocycles. The number of amides is 2. The van der Waals surface area contributed by atoms with E-state index < -0.39 is 17.4 Å². The van der Waals surface area contributed by atoms with Gasteiger partial charge in [-0.05, 0) is 18.4 Å². The van der Waals surface area contributed by atoms with E-state index in [1.807, 2.05) is 18.2 Å². The van der Waals surface area contributed by atoms with Gasteiger partial charge < -0.3 is 19.5 Å². The first-order valence-corrected chi connectivity index (χ1v) is 9.69. The number of fused-ring (bicyclic) bond motifs is 1. The van der Waals surface area contributed by atoms with Crippen LogP contribution in [0.2, 0.25) is 0 Å². The molecule has 0 bridgehead atoms. The van der Waals surface area contributed by atoms with Crippen molar-refractivity contribution in [2.75, 3.05) is 46.4 Å². The van der Waals surface area contributed by atoms with Crippen molar-refractivity contribution in [2.24, 2.45) is 0 Å². The lowest BCUT2D eigenvalue weighted by Gasteiger charge is -2.44. The van der Waals surface area contributed by atoms with Gasteiger partial charge in [0.1, 0.15) is 6.54 Å². The second-order valence-corrected chi connectivity index (χ2v) is 8.04. The lowest BCUT2D eigenvalue weighted by molar-refractivity contribution is -0.201. The smallest absolute Gasteiger partial charge is 0.407 e. The number of hydrogen-bond donors (Lipinski definition) is 1. The molecule has 2 amide bonds. The number of carboxylic acid groups (broad SMARTS) is 1. The van der Waals surface area contributed by atoms with E-state index in [-0.39, 0.29) is 25.6 Å². The Kier molecular flexibility index (Phi) is 5.03. The summed E-state index contributed by atoms with van der Waals surface area (Å²) in [7, 11) is 1.55. The number of hydrogen-bond acceptors (Lipinski definition) is 5. The van der Waals surface area contributed by atoms with Gasteiger partial charge in [0.25, 0.3) is 0 Å². The molecule has 1 N–H and O–H groups in total. The van der Waals surface area contributed by atoms with E-state index in [4.69, 9.17) is 9.47 Å². The van der Waals surface area contributed by atoms with Crippen LogP contribution in [0.3, 0.4) is 0 Å². The zero-order valence-corrected chi connectivity index (χ0v) is 16.2. The van der Waals surface area contributed by atoms with Crippen molar-refractivity contribution in [3.05, 3.63) is 35.9 Å². The van der Waals surface area contributed by atoms with Gasteiger partial charge in [-0.25, -0.2) is 4.79 Å². The summed E-state index contributed by atoms with van der Waals surface area (Å²) in [6, 6.07) is 10.4. The summed E-state index contributed by atoms with van der Waals surface area (Å²) in [5.74, 6) is -0.214. The summed E-state index contributed by atoms with van der Waals surface area (Å²) in [5, 5.41) is 9.39. The van der Waals surface area contributed by atoms with Crippen LogP contribution in [0.4, 0.5) is 4.79 Å². The summed E-state index contributed by atoms with van der Waals surface area (Å²) in [6.07, 6.45) is 0.510. The molecule has 3 saturated heterocycles. The maximum Gasteiger partial charge on any atom is 0.407 e. The summed E-state index contributed by atoms with van der Waals surface area (Å²) in [5.41, 5.74) is -0.175. The van der Waals surface area contributed by atoms with Crippen molar-refractivity contribution in [3.63, 3.8) is 0 Å². The number of carbonyl (C=O) groups is 2. The number of piperazine rings is 1. The standard InChI is InChI=1S/C20H27N3O5/c1-27-15-20-14-22(18(25)26)12-17(24)23(20)13-19(28-20)7-9-21(10-8-19)11-16-5-3-2-4-6-16/h2-6H,7-15H2,1H3,(H,25,26). The molecule has 8 nitrogen and oxygen atoms in total. The minimum Gasteiger partial charge on any atom is -0.465 e. The number of methoxy groups -OCH3 is 1. The van der Waals surface area contributed by atoms with Crippen LogP contribution in [0.15, 0.2) is 30.3 Å². The predicted molar refractivity (Wildman–Crippen MR) is 101 cm³/mol. The second kappa shape index (κ2) is 7.35. The normalized spacial score (nSPS) is 27.2. The molecule has 1 atom stereocenters. The van der Waals surface area contributed by atoms with E-state index in [9.17, 15) is 14.7 Å². The number of nitrogens with zero attached hydrogens (tertiary/aromatic N) is 3. The summed E-state index contributed by atoms with van der Waals surface area (Å²) >= 11 is 0. The number of rotatable bonds is 4. The zero-order chi connectivity index (χ0) is 19.8. The van der Waals surface area contributed by atoms with Crippen LogP contribution in [-0.4, -0.2) is 89.6 Å². The Morgan fingerprint density at radius 3 is 2.57 bits per heavy atom. The van der Waals surface area contributed by atoms with Gasteiger partial charge in [-0.3, -0.25) is 14.6 Å². The fourth-order valence-electron chi connectivity index (χ4n) is 4.69. The molecule has 1 aromatic rings. The van der Waals surface area contributed by atoms with Gasteiger partial charge in [-0.1, -0.05) is 30.3 Å². The van der Waals surface area contributed by atoms with Crippen LogP contribution < -0.4 is 0 Å². The predicted octanol–water partition coefficient (Wildman–Crippen LogP) is 1.22. The molecule has 4 rings (SSSR count). The van der Waals surface area contributed by atoms with Gasteiger partial charge in [0.05, 0.1) is 25.3 Å². The van der Waals surface area contributed by atoms with Gasteiger partial charge in [0.15, 0.2) is 5.72 Å². The van der Waals surface area contributed by atoms with Crippen molar-refractivity contribution >= 4 is 12.0 Å². The molecule has 3 aliphatic rings. The summed E-state index contributed by atoms with van der Waals surface area (Å²) < 4.78 is 11.9. The monoisotopic (exact) mass is 389 g/mol. The van der Waals surface area contributed by atoms with Crippen LogP contribution in [-0.2, 0) is 20.8 Å². The number of likely N-dealkylation sites (tertiary alicyclic amines) is 1. The Morgan fingerprint density at radius 1 is 1.21 bits per heavy atom. The highest BCUT2D eigenvalue weighted by Crippen LogP contribution is 2.43. The van der Waals surface area contributed by atoms with Crippen molar-refractivity contribution in [3.8, 4) is 0 Å². The molecule has 8 heteroatoms. The van der Waals surface area contributed by atoms with Crippen LogP contribution in [0.1, 0.15) is 18.4 Å². The zero-order valence-electron chi connectivity index (χ0n) is 16.2. The second-order valence-electron chi connectivity index (χ2n) is 8.04. The molecular formula is C20H27N3O5. The Balaban J connectivity index is 1.47. The minimum atomic E-state index is -1.11. The Morgan fingerprint density at radius 2 is 1.93 bits per heavy atom. The molecule has 1 aromatic carbocycles. The number of benzene rings is 1. The van der Waals surface area contributed by atoms with Crippen LogP contribution >= 0.6 is 0 Å². The Bertz CT molecular complexity index is 735. The first kappa shape index (κ1) is 19.2.